The fourth-order valence-corrected chi connectivity index (χ4v) is 6.79. The van der Waals surface area contributed by atoms with Gasteiger partial charge in [-0.15, -0.1) is 11.3 Å². The van der Waals surface area contributed by atoms with Crippen molar-refractivity contribution in [3.63, 3.8) is 0 Å². The van der Waals surface area contributed by atoms with Gasteiger partial charge in [0.2, 0.25) is 11.8 Å². The molecule has 1 aliphatic carbocycles. The minimum absolute atomic E-state index is 0.130. The van der Waals surface area contributed by atoms with Crippen LogP contribution in [0.4, 0.5) is 4.39 Å². The molecule has 0 spiro atoms. The smallest absolute Gasteiger partial charge is 0.240 e. The summed E-state index contributed by atoms with van der Waals surface area (Å²) in [5.41, 5.74) is 9.05. The molecule has 3 aromatic rings. The number of carbonyl (C=O) groups is 3. The Bertz CT molecular complexity index is 1310. The summed E-state index contributed by atoms with van der Waals surface area (Å²) in [5, 5.41) is 1.94. The van der Waals surface area contributed by atoms with Gasteiger partial charge < -0.3 is 10.6 Å². The molecule has 5 nitrogen and oxygen atoms in total. The number of nitrogens with two attached hydrogens (primary N) is 1. The van der Waals surface area contributed by atoms with Crippen LogP contribution in [-0.2, 0) is 9.59 Å². The van der Waals surface area contributed by atoms with E-state index in [0.717, 1.165) is 35.3 Å². The summed E-state index contributed by atoms with van der Waals surface area (Å²) in [6, 6.07) is 13.5. The summed E-state index contributed by atoms with van der Waals surface area (Å²) < 4.78 is 13.9. The zero-order chi connectivity index (χ0) is 25.6. The molecule has 36 heavy (non-hydrogen) atoms. The first-order valence-electron chi connectivity index (χ1n) is 12.3. The van der Waals surface area contributed by atoms with Gasteiger partial charge in [0, 0.05) is 22.3 Å². The molecule has 186 valence electrons. The molecular weight excluding hydrogens is 475 g/mol. The van der Waals surface area contributed by atoms with Crippen LogP contribution in [0.2, 0.25) is 0 Å². The number of likely N-dealkylation sites (tertiary alicyclic amines) is 1. The van der Waals surface area contributed by atoms with E-state index in [9.17, 15) is 18.8 Å². The maximum Gasteiger partial charge on any atom is 0.240 e. The number of thiophene rings is 1. The third-order valence-electron chi connectivity index (χ3n) is 7.70. The van der Waals surface area contributed by atoms with Crippen molar-refractivity contribution in [3.8, 4) is 0 Å². The van der Waals surface area contributed by atoms with Gasteiger partial charge >= 0.3 is 0 Å². The summed E-state index contributed by atoms with van der Waals surface area (Å²) in [5.74, 6) is -2.99. The highest BCUT2D eigenvalue weighted by molar-refractivity contribution is 7.10. The Kier molecular flexibility index (Phi) is 6.51. The van der Waals surface area contributed by atoms with E-state index in [1.54, 1.807) is 23.1 Å². The van der Waals surface area contributed by atoms with Crippen LogP contribution in [0, 0.1) is 31.5 Å². The van der Waals surface area contributed by atoms with Crippen molar-refractivity contribution in [1.29, 1.82) is 0 Å². The number of carbonyl (C=O) groups excluding carboxylic acids is 3. The van der Waals surface area contributed by atoms with Gasteiger partial charge in [-0.3, -0.25) is 14.4 Å². The fraction of sp³-hybridized carbons (Fsp3) is 0.345. The zero-order valence-electron chi connectivity index (χ0n) is 20.3. The minimum Gasteiger partial charge on any atom is -0.368 e. The second-order valence-electron chi connectivity index (χ2n) is 9.97. The lowest BCUT2D eigenvalue weighted by atomic mass is 9.76. The Morgan fingerprint density at radius 1 is 1.03 bits per heavy atom. The van der Waals surface area contributed by atoms with Gasteiger partial charge in [0.15, 0.2) is 5.78 Å². The molecule has 0 bridgehead atoms. The standard InChI is InChI=1S/C29H29FN2O3S/c1-16-5-3-8-20(15-16)26(33)23-22(18-9-11-21(30)12-10-18)25(28(31)34)32(29(35)19-6-4-7-19)24(23)27-17(2)13-14-36-27/h3,5,8-15,19,22-25H,4,6-7H2,1-2H3,(H2,31,34). The number of ketones is 1. The van der Waals surface area contributed by atoms with E-state index >= 15 is 0 Å². The Morgan fingerprint density at radius 3 is 2.31 bits per heavy atom. The maximum absolute atomic E-state index is 14.3. The highest BCUT2D eigenvalue weighted by atomic mass is 32.1. The third kappa shape index (κ3) is 4.15. The van der Waals surface area contributed by atoms with Crippen molar-refractivity contribution in [2.24, 2.45) is 17.6 Å². The molecule has 2 aromatic carbocycles. The normalized spacial score (nSPS) is 23.9. The van der Waals surface area contributed by atoms with Crippen molar-refractivity contribution in [1.82, 2.24) is 4.90 Å². The van der Waals surface area contributed by atoms with Crippen molar-refractivity contribution in [2.45, 2.75) is 51.1 Å². The van der Waals surface area contributed by atoms with Gasteiger partial charge in [-0.1, -0.05) is 42.3 Å². The molecule has 5 rings (SSSR count). The Hall–Kier alpha value is -3.32. The van der Waals surface area contributed by atoms with Gasteiger partial charge in [-0.05, 0) is 67.5 Å². The third-order valence-corrected chi connectivity index (χ3v) is 8.79. The lowest BCUT2D eigenvalue weighted by Crippen LogP contribution is -2.49. The van der Waals surface area contributed by atoms with Crippen LogP contribution in [0.1, 0.15) is 63.1 Å². The van der Waals surface area contributed by atoms with Gasteiger partial charge in [-0.25, -0.2) is 4.39 Å². The van der Waals surface area contributed by atoms with Crippen LogP contribution >= 0.6 is 11.3 Å². The van der Waals surface area contributed by atoms with Crippen LogP contribution in [0.15, 0.2) is 60.0 Å². The lowest BCUT2D eigenvalue weighted by molar-refractivity contribution is -0.145. The Balaban J connectivity index is 1.74. The van der Waals surface area contributed by atoms with E-state index in [2.05, 4.69) is 0 Å². The van der Waals surface area contributed by atoms with Crippen LogP contribution in [0.25, 0.3) is 0 Å². The van der Waals surface area contributed by atoms with Crippen molar-refractivity contribution >= 4 is 28.9 Å². The SMILES string of the molecule is Cc1cccc(C(=O)C2C(c3ccc(F)cc3)C(C(N)=O)N(C(=O)C3CCC3)C2c2sccc2C)c1. The van der Waals surface area contributed by atoms with E-state index < -0.39 is 35.6 Å². The number of benzene rings is 2. The molecule has 4 unspecified atom stereocenters. The Morgan fingerprint density at radius 2 is 1.75 bits per heavy atom. The predicted molar refractivity (Wildman–Crippen MR) is 137 cm³/mol. The molecule has 2 fully saturated rings. The number of halogens is 1. The van der Waals surface area contributed by atoms with E-state index in [4.69, 9.17) is 5.73 Å². The number of nitrogens with zero attached hydrogens (tertiary/aromatic N) is 1. The van der Waals surface area contributed by atoms with Gasteiger partial charge in [0.25, 0.3) is 0 Å². The average molecular weight is 505 g/mol. The van der Waals surface area contributed by atoms with E-state index in [1.165, 1.54) is 23.5 Å². The first-order valence-corrected chi connectivity index (χ1v) is 13.2. The number of primary amides is 1. The lowest BCUT2D eigenvalue weighted by Gasteiger charge is -2.36. The van der Waals surface area contributed by atoms with Gasteiger partial charge in [-0.2, -0.15) is 0 Å². The maximum atomic E-state index is 14.3. The van der Waals surface area contributed by atoms with Gasteiger partial charge in [0.05, 0.1) is 12.0 Å². The number of rotatable bonds is 6. The topological polar surface area (TPSA) is 80.5 Å². The number of amides is 2. The molecule has 1 saturated heterocycles. The number of Topliss-reactive ketones (excluding diaryl/α,β-unsaturated/α-hetero) is 1. The molecule has 7 heteroatoms. The summed E-state index contributed by atoms with van der Waals surface area (Å²) in [4.78, 5) is 43.8. The monoisotopic (exact) mass is 504 g/mol. The fourth-order valence-electron chi connectivity index (χ4n) is 5.71. The molecule has 0 radical (unpaired) electrons. The Labute approximate surface area is 214 Å². The van der Waals surface area contributed by atoms with Crippen LogP contribution < -0.4 is 5.73 Å². The molecular formula is C29H29FN2O3S. The minimum atomic E-state index is -1.02. The van der Waals surface area contributed by atoms with E-state index in [0.29, 0.717) is 11.1 Å². The molecule has 1 aliphatic heterocycles. The zero-order valence-corrected chi connectivity index (χ0v) is 21.1. The second-order valence-corrected chi connectivity index (χ2v) is 10.9. The van der Waals surface area contributed by atoms with E-state index in [-0.39, 0.29) is 17.6 Å². The van der Waals surface area contributed by atoms with E-state index in [1.807, 2.05) is 43.5 Å². The number of aryl methyl sites for hydroxylation is 2. The number of hydrogen-bond donors (Lipinski definition) is 1. The van der Waals surface area contributed by atoms with Gasteiger partial charge in [0.1, 0.15) is 11.9 Å². The molecule has 1 saturated carbocycles. The highest BCUT2D eigenvalue weighted by Crippen LogP contribution is 2.53. The quantitative estimate of drug-likeness (QED) is 0.461. The molecule has 4 atom stereocenters. The number of hydrogen-bond acceptors (Lipinski definition) is 4. The molecule has 1 aromatic heterocycles. The average Bonchev–Trinajstić information content (AvgIpc) is 3.38. The molecule has 2 aliphatic rings. The summed E-state index contributed by atoms with van der Waals surface area (Å²) in [6.45, 7) is 3.87. The first-order chi connectivity index (χ1) is 17.3. The largest absolute Gasteiger partial charge is 0.368 e. The second kappa shape index (κ2) is 9.62. The summed E-state index contributed by atoms with van der Waals surface area (Å²) >= 11 is 1.48. The molecule has 2 N–H and O–H groups in total. The van der Waals surface area contributed by atoms with Crippen LogP contribution in [0.5, 0.6) is 0 Å². The van der Waals surface area contributed by atoms with Crippen molar-refractivity contribution < 1.29 is 18.8 Å². The molecule has 2 amide bonds. The van der Waals surface area contributed by atoms with Crippen molar-refractivity contribution in [3.05, 3.63) is 92.9 Å². The summed E-state index contributed by atoms with van der Waals surface area (Å²) in [6.07, 6.45) is 2.48. The van der Waals surface area contributed by atoms with Crippen LogP contribution in [-0.4, -0.2) is 28.5 Å². The van der Waals surface area contributed by atoms with Crippen molar-refractivity contribution in [2.75, 3.05) is 0 Å². The highest BCUT2D eigenvalue weighted by Gasteiger charge is 2.58. The predicted octanol–water partition coefficient (Wildman–Crippen LogP) is 5.32. The first kappa shape index (κ1) is 24.4. The summed E-state index contributed by atoms with van der Waals surface area (Å²) in [7, 11) is 0. The van der Waals surface area contributed by atoms with Crippen LogP contribution in [0.3, 0.4) is 0 Å². The molecule has 2 heterocycles.